The molecule has 17 heavy (non-hydrogen) atoms. The number of carboxylic acid groups (broad SMARTS) is 1. The topological polar surface area (TPSA) is 57.6 Å². The summed E-state index contributed by atoms with van der Waals surface area (Å²) in [6, 6.07) is 3.13. The Morgan fingerprint density at radius 3 is 2.71 bits per heavy atom. The molecule has 0 aliphatic carbocycles. The summed E-state index contributed by atoms with van der Waals surface area (Å²) in [5, 5.41) is 9.56. The number of carboxylic acids is 1. The van der Waals surface area contributed by atoms with Gasteiger partial charge in [0.1, 0.15) is 0 Å². The standard InChI is InChI=1S/C12H12ClNO3/c1-7(15)14-4-2-3-8-5-9(13)6-10(11(8)14)12(16)17/h5-6H,2-4H2,1H3,(H,16,17). The highest BCUT2D eigenvalue weighted by Gasteiger charge is 2.26. The molecule has 0 bridgehead atoms. The van der Waals surface area contributed by atoms with Crippen LogP contribution >= 0.6 is 11.6 Å². The molecule has 0 saturated heterocycles. The summed E-state index contributed by atoms with van der Waals surface area (Å²) in [7, 11) is 0. The van der Waals surface area contributed by atoms with Crippen LogP contribution < -0.4 is 4.90 Å². The Morgan fingerprint density at radius 2 is 2.12 bits per heavy atom. The number of fused-ring (bicyclic) bond motifs is 1. The predicted molar refractivity (Wildman–Crippen MR) is 64.8 cm³/mol. The molecular formula is C12H12ClNO3. The molecule has 0 fully saturated rings. The van der Waals surface area contributed by atoms with Crippen LogP contribution in [0, 0.1) is 0 Å². The molecule has 5 heteroatoms. The van der Waals surface area contributed by atoms with Crippen molar-refractivity contribution in [1.29, 1.82) is 0 Å². The molecule has 0 spiro atoms. The number of anilines is 1. The van der Waals surface area contributed by atoms with E-state index in [1.165, 1.54) is 17.9 Å². The van der Waals surface area contributed by atoms with Gasteiger partial charge < -0.3 is 10.0 Å². The third-order valence-corrected chi connectivity index (χ3v) is 3.08. The molecule has 0 radical (unpaired) electrons. The summed E-state index contributed by atoms with van der Waals surface area (Å²) in [5.74, 6) is -1.20. The average Bonchev–Trinajstić information content (AvgIpc) is 2.26. The Hall–Kier alpha value is -1.55. The Bertz CT molecular complexity index is 499. The number of amides is 1. The minimum atomic E-state index is -1.06. The molecule has 0 unspecified atom stereocenters. The maximum absolute atomic E-state index is 11.5. The maximum Gasteiger partial charge on any atom is 0.337 e. The molecular weight excluding hydrogens is 242 g/mol. The lowest BCUT2D eigenvalue weighted by molar-refractivity contribution is -0.116. The largest absolute Gasteiger partial charge is 0.478 e. The van der Waals surface area contributed by atoms with Crippen LogP contribution in [0.5, 0.6) is 0 Å². The third-order valence-electron chi connectivity index (χ3n) is 2.86. The van der Waals surface area contributed by atoms with Gasteiger partial charge in [0.15, 0.2) is 0 Å². The first-order valence-corrected chi connectivity index (χ1v) is 5.72. The van der Waals surface area contributed by atoms with Gasteiger partial charge in [-0.3, -0.25) is 4.79 Å². The minimum Gasteiger partial charge on any atom is -0.478 e. The van der Waals surface area contributed by atoms with Crippen molar-refractivity contribution in [2.45, 2.75) is 19.8 Å². The van der Waals surface area contributed by atoms with Crippen molar-refractivity contribution in [3.05, 3.63) is 28.3 Å². The fourth-order valence-corrected chi connectivity index (χ4v) is 2.42. The molecule has 1 aliphatic rings. The lowest BCUT2D eigenvalue weighted by atomic mass is 9.97. The number of benzene rings is 1. The number of aromatic carboxylic acids is 1. The number of aryl methyl sites for hydroxylation is 1. The summed E-state index contributed by atoms with van der Waals surface area (Å²) in [5.41, 5.74) is 1.43. The van der Waals surface area contributed by atoms with E-state index in [4.69, 9.17) is 16.7 Å². The summed E-state index contributed by atoms with van der Waals surface area (Å²) in [6.45, 7) is 2.00. The fourth-order valence-electron chi connectivity index (χ4n) is 2.18. The normalized spacial score (nSPS) is 14.4. The maximum atomic E-state index is 11.5. The van der Waals surface area contributed by atoms with Crippen molar-refractivity contribution in [2.75, 3.05) is 11.4 Å². The Labute approximate surface area is 104 Å². The minimum absolute atomic E-state index is 0.0994. The molecule has 0 aromatic heterocycles. The fraction of sp³-hybridized carbons (Fsp3) is 0.333. The molecule has 90 valence electrons. The first kappa shape index (κ1) is 11.9. The summed E-state index contributed by atoms with van der Waals surface area (Å²) < 4.78 is 0. The molecule has 1 N–H and O–H groups in total. The SMILES string of the molecule is CC(=O)N1CCCc2cc(Cl)cc(C(=O)O)c21. The molecule has 1 aromatic rings. The molecule has 1 aliphatic heterocycles. The first-order chi connectivity index (χ1) is 8.00. The van der Waals surface area contributed by atoms with E-state index in [9.17, 15) is 9.59 Å². The molecule has 2 rings (SSSR count). The van der Waals surface area contributed by atoms with Crippen LogP contribution in [-0.2, 0) is 11.2 Å². The molecule has 0 saturated carbocycles. The number of rotatable bonds is 1. The van der Waals surface area contributed by atoms with Gasteiger partial charge in [-0.2, -0.15) is 0 Å². The van der Waals surface area contributed by atoms with Crippen LogP contribution in [0.1, 0.15) is 29.3 Å². The zero-order valence-corrected chi connectivity index (χ0v) is 10.1. The van der Waals surface area contributed by atoms with Crippen LogP contribution in [0.3, 0.4) is 0 Å². The second-order valence-corrected chi connectivity index (χ2v) is 4.48. The van der Waals surface area contributed by atoms with Gasteiger partial charge in [0.25, 0.3) is 0 Å². The highest BCUT2D eigenvalue weighted by Crippen LogP contribution is 2.33. The lowest BCUT2D eigenvalue weighted by Crippen LogP contribution is -2.35. The monoisotopic (exact) mass is 253 g/mol. The number of halogens is 1. The number of nitrogens with zero attached hydrogens (tertiary/aromatic N) is 1. The number of carbonyl (C=O) groups is 2. The molecule has 1 aromatic carbocycles. The van der Waals surface area contributed by atoms with Crippen molar-refractivity contribution in [3.8, 4) is 0 Å². The van der Waals surface area contributed by atoms with Gasteiger partial charge in [0, 0.05) is 18.5 Å². The van der Waals surface area contributed by atoms with Gasteiger partial charge in [0.05, 0.1) is 11.3 Å². The van der Waals surface area contributed by atoms with Gasteiger partial charge >= 0.3 is 5.97 Å². The summed E-state index contributed by atoms with van der Waals surface area (Å²) in [4.78, 5) is 24.2. The Kier molecular flexibility index (Phi) is 3.07. The van der Waals surface area contributed by atoms with Gasteiger partial charge in [0.2, 0.25) is 5.91 Å². The first-order valence-electron chi connectivity index (χ1n) is 5.34. The molecule has 0 atom stereocenters. The van der Waals surface area contributed by atoms with Crippen molar-refractivity contribution < 1.29 is 14.7 Å². The van der Waals surface area contributed by atoms with Crippen LogP contribution in [0.4, 0.5) is 5.69 Å². The van der Waals surface area contributed by atoms with Gasteiger partial charge in [-0.1, -0.05) is 11.6 Å². The van der Waals surface area contributed by atoms with Crippen LogP contribution in [-0.4, -0.2) is 23.5 Å². The summed E-state index contributed by atoms with van der Waals surface area (Å²) >= 11 is 5.89. The number of hydrogen-bond donors (Lipinski definition) is 1. The zero-order chi connectivity index (χ0) is 12.6. The Balaban J connectivity index is 2.65. The average molecular weight is 254 g/mol. The van der Waals surface area contributed by atoms with E-state index in [-0.39, 0.29) is 11.5 Å². The van der Waals surface area contributed by atoms with Crippen molar-refractivity contribution in [3.63, 3.8) is 0 Å². The van der Waals surface area contributed by atoms with E-state index in [0.29, 0.717) is 17.3 Å². The zero-order valence-electron chi connectivity index (χ0n) is 9.36. The van der Waals surface area contributed by atoms with E-state index in [1.807, 2.05) is 0 Å². The highest BCUT2D eigenvalue weighted by molar-refractivity contribution is 6.31. The van der Waals surface area contributed by atoms with E-state index < -0.39 is 5.97 Å². The van der Waals surface area contributed by atoms with E-state index in [0.717, 1.165) is 18.4 Å². The van der Waals surface area contributed by atoms with E-state index >= 15 is 0 Å². The molecule has 1 amide bonds. The van der Waals surface area contributed by atoms with Crippen LogP contribution in [0.15, 0.2) is 12.1 Å². The molecule has 4 nitrogen and oxygen atoms in total. The van der Waals surface area contributed by atoms with Crippen molar-refractivity contribution in [1.82, 2.24) is 0 Å². The van der Waals surface area contributed by atoms with Crippen molar-refractivity contribution in [2.24, 2.45) is 0 Å². The molecule has 1 heterocycles. The lowest BCUT2D eigenvalue weighted by Gasteiger charge is -2.30. The van der Waals surface area contributed by atoms with Gasteiger partial charge in [-0.05, 0) is 30.5 Å². The second kappa shape index (κ2) is 4.37. The second-order valence-electron chi connectivity index (χ2n) is 4.04. The van der Waals surface area contributed by atoms with E-state index in [2.05, 4.69) is 0 Å². The van der Waals surface area contributed by atoms with Gasteiger partial charge in [-0.15, -0.1) is 0 Å². The van der Waals surface area contributed by atoms with Crippen molar-refractivity contribution >= 4 is 29.2 Å². The predicted octanol–water partition coefficient (Wildman–Crippen LogP) is 2.34. The number of carbonyl (C=O) groups excluding carboxylic acids is 1. The van der Waals surface area contributed by atoms with E-state index in [1.54, 1.807) is 6.07 Å². The van der Waals surface area contributed by atoms with Gasteiger partial charge in [-0.25, -0.2) is 4.79 Å². The third kappa shape index (κ3) is 2.13. The highest BCUT2D eigenvalue weighted by atomic mass is 35.5. The van der Waals surface area contributed by atoms with Crippen LogP contribution in [0.25, 0.3) is 0 Å². The number of hydrogen-bond acceptors (Lipinski definition) is 2. The van der Waals surface area contributed by atoms with Crippen LogP contribution in [0.2, 0.25) is 5.02 Å². The summed E-state index contributed by atoms with van der Waals surface area (Å²) in [6.07, 6.45) is 1.58. The Morgan fingerprint density at radius 1 is 1.41 bits per heavy atom. The quantitative estimate of drug-likeness (QED) is 0.836. The smallest absolute Gasteiger partial charge is 0.337 e.